The zero-order valence-corrected chi connectivity index (χ0v) is 14.2. The smallest absolute Gasteiger partial charge is 0.154 e. The van der Waals surface area contributed by atoms with E-state index in [0.29, 0.717) is 0 Å². The van der Waals surface area contributed by atoms with Crippen molar-refractivity contribution in [3.8, 4) is 0 Å². The summed E-state index contributed by atoms with van der Waals surface area (Å²) in [6.45, 7) is 2.00. The molecule has 1 atom stereocenters. The Hall–Kier alpha value is 0.380. The Morgan fingerprint density at radius 2 is 1.21 bits per heavy atom. The van der Waals surface area contributed by atoms with E-state index in [4.69, 9.17) is 0 Å². The third-order valence-electron chi connectivity index (χ3n) is 5.03. The normalized spacial score (nSPS) is 25.6. The quantitative estimate of drug-likeness (QED) is 0.715. The van der Waals surface area contributed by atoms with E-state index < -0.39 is 9.84 Å². The molecule has 0 spiro atoms. The Labute approximate surface area is 120 Å². The molecule has 0 amide bonds. The third kappa shape index (κ3) is 4.17. The van der Waals surface area contributed by atoms with Gasteiger partial charge in [0.1, 0.15) is 0 Å². The summed E-state index contributed by atoms with van der Waals surface area (Å²) >= 11 is 0. The lowest BCUT2D eigenvalue weighted by Gasteiger charge is -2.41. The van der Waals surface area contributed by atoms with Crippen molar-refractivity contribution in [3.05, 3.63) is 0 Å². The Kier molecular flexibility index (Phi) is 5.72. The predicted octanol–water partition coefficient (Wildman–Crippen LogP) is 4.52. The maximum absolute atomic E-state index is 12.1. The second-order valence-corrected chi connectivity index (χ2v) is 12.3. The zero-order chi connectivity index (χ0) is 13.9. The fraction of sp³-hybridized carbons (Fsp3) is 1.00. The lowest BCUT2D eigenvalue weighted by molar-refractivity contribution is 0.483. The summed E-state index contributed by atoms with van der Waals surface area (Å²) in [6.07, 6.45) is 14.7. The molecule has 112 valence electrons. The molecule has 2 fully saturated rings. The topological polar surface area (TPSA) is 34.1 Å². The van der Waals surface area contributed by atoms with Crippen LogP contribution in [0.3, 0.4) is 0 Å². The average Bonchev–Trinajstić information content (AvgIpc) is 2.40. The molecule has 0 saturated heterocycles. The predicted molar refractivity (Wildman–Crippen MR) is 85.0 cm³/mol. The molecule has 19 heavy (non-hydrogen) atoms. The summed E-state index contributed by atoms with van der Waals surface area (Å²) in [5.41, 5.74) is 1.47. The molecular formula is C15H29O2PS. The molecule has 4 heteroatoms. The molecule has 2 aliphatic carbocycles. The molecule has 0 aromatic carbocycles. The van der Waals surface area contributed by atoms with Gasteiger partial charge in [-0.2, -0.15) is 0 Å². The van der Waals surface area contributed by atoms with Gasteiger partial charge in [-0.1, -0.05) is 46.4 Å². The lowest BCUT2D eigenvalue weighted by atomic mass is 9.99. The average molecular weight is 304 g/mol. The molecule has 2 nitrogen and oxygen atoms in total. The van der Waals surface area contributed by atoms with Gasteiger partial charge in [-0.3, -0.25) is 0 Å². The largest absolute Gasteiger partial charge is 0.228 e. The highest BCUT2D eigenvalue weighted by Gasteiger charge is 2.38. The van der Waals surface area contributed by atoms with Crippen molar-refractivity contribution >= 4 is 17.8 Å². The van der Waals surface area contributed by atoms with Crippen molar-refractivity contribution in [3.63, 3.8) is 0 Å². The minimum atomic E-state index is -2.87. The van der Waals surface area contributed by atoms with Crippen LogP contribution < -0.4 is 0 Å². The molecule has 0 heterocycles. The van der Waals surface area contributed by atoms with Crippen LogP contribution in [-0.2, 0) is 9.84 Å². The monoisotopic (exact) mass is 304 g/mol. The van der Waals surface area contributed by atoms with Crippen LogP contribution in [0.25, 0.3) is 0 Å². The van der Waals surface area contributed by atoms with Gasteiger partial charge in [0, 0.05) is 6.26 Å². The van der Waals surface area contributed by atoms with Gasteiger partial charge in [-0.05, 0) is 43.9 Å². The Morgan fingerprint density at radius 1 is 0.842 bits per heavy atom. The summed E-state index contributed by atoms with van der Waals surface area (Å²) in [5, 5.41) is 0. The summed E-state index contributed by atoms with van der Waals surface area (Å²) in [6, 6.07) is 0. The summed E-state index contributed by atoms with van der Waals surface area (Å²) in [5.74, 6) is 0. The van der Waals surface area contributed by atoms with Crippen LogP contribution >= 0.6 is 7.92 Å². The first-order valence-corrected chi connectivity index (χ1v) is 11.5. The molecule has 1 unspecified atom stereocenters. The molecule has 0 aromatic rings. The van der Waals surface area contributed by atoms with Gasteiger partial charge in [-0.15, -0.1) is 0 Å². The molecule has 0 radical (unpaired) electrons. The lowest BCUT2D eigenvalue weighted by Crippen LogP contribution is -2.29. The van der Waals surface area contributed by atoms with E-state index in [2.05, 4.69) is 0 Å². The van der Waals surface area contributed by atoms with Gasteiger partial charge >= 0.3 is 0 Å². The van der Waals surface area contributed by atoms with E-state index in [9.17, 15) is 8.42 Å². The van der Waals surface area contributed by atoms with Crippen LogP contribution in [0, 0.1) is 0 Å². The molecule has 0 aliphatic heterocycles. The van der Waals surface area contributed by atoms with Gasteiger partial charge in [0.15, 0.2) is 9.84 Å². The van der Waals surface area contributed by atoms with Crippen molar-refractivity contribution in [1.29, 1.82) is 0 Å². The molecule has 0 bridgehead atoms. The number of sulfone groups is 1. The minimum absolute atomic E-state index is 0.0753. The van der Waals surface area contributed by atoms with Crippen LogP contribution in [0.5, 0.6) is 0 Å². The SMILES string of the molecule is CC(P(C1CCCCC1)C1CCCCC1)S(C)(=O)=O. The summed E-state index contributed by atoms with van der Waals surface area (Å²) in [4.78, 5) is -0.0753. The van der Waals surface area contributed by atoms with E-state index in [1.165, 1.54) is 70.5 Å². The molecular weight excluding hydrogens is 275 g/mol. The number of rotatable bonds is 4. The fourth-order valence-electron chi connectivity index (χ4n) is 3.87. The van der Waals surface area contributed by atoms with Crippen molar-refractivity contribution in [2.24, 2.45) is 0 Å². The third-order valence-corrected chi connectivity index (χ3v) is 11.7. The Morgan fingerprint density at radius 3 is 1.53 bits per heavy atom. The maximum atomic E-state index is 12.1. The first kappa shape index (κ1) is 15.8. The van der Waals surface area contributed by atoms with Crippen molar-refractivity contribution in [2.45, 2.75) is 87.4 Å². The van der Waals surface area contributed by atoms with E-state index in [-0.39, 0.29) is 12.9 Å². The molecule has 2 rings (SSSR count). The van der Waals surface area contributed by atoms with Gasteiger partial charge in [0.25, 0.3) is 0 Å². The first-order chi connectivity index (χ1) is 9.00. The zero-order valence-electron chi connectivity index (χ0n) is 12.5. The maximum Gasteiger partial charge on any atom is 0.154 e. The highest BCUT2D eigenvalue weighted by molar-refractivity contribution is 7.98. The van der Waals surface area contributed by atoms with Crippen LogP contribution in [0.15, 0.2) is 0 Å². The summed E-state index contributed by atoms with van der Waals surface area (Å²) in [7, 11) is -3.21. The van der Waals surface area contributed by atoms with Crippen LogP contribution in [0.4, 0.5) is 0 Å². The Balaban J connectivity index is 2.15. The summed E-state index contributed by atoms with van der Waals surface area (Å²) < 4.78 is 24.1. The van der Waals surface area contributed by atoms with Gasteiger partial charge in [0.05, 0.1) is 4.99 Å². The van der Waals surface area contributed by atoms with Crippen molar-refractivity contribution < 1.29 is 8.42 Å². The number of hydrogen-bond donors (Lipinski definition) is 0. The van der Waals surface area contributed by atoms with E-state index in [1.807, 2.05) is 6.92 Å². The highest BCUT2D eigenvalue weighted by Crippen LogP contribution is 2.59. The van der Waals surface area contributed by atoms with Crippen LogP contribution in [0.1, 0.15) is 71.1 Å². The van der Waals surface area contributed by atoms with E-state index in [0.717, 1.165) is 11.3 Å². The highest BCUT2D eigenvalue weighted by atomic mass is 32.2. The standard InChI is InChI=1S/C15H29O2PS/c1-13(19(2,16)17)18(14-9-5-3-6-10-14)15-11-7-4-8-12-15/h13-15H,3-12H2,1-2H3. The molecule has 0 N–H and O–H groups in total. The molecule has 2 aliphatic rings. The van der Waals surface area contributed by atoms with E-state index >= 15 is 0 Å². The Bertz CT molecular complexity index is 350. The second kappa shape index (κ2) is 6.89. The van der Waals surface area contributed by atoms with Crippen molar-refractivity contribution in [1.82, 2.24) is 0 Å². The molecule has 2 saturated carbocycles. The van der Waals surface area contributed by atoms with Crippen LogP contribution in [0.2, 0.25) is 0 Å². The second-order valence-electron chi connectivity index (χ2n) is 6.46. The minimum Gasteiger partial charge on any atom is -0.228 e. The van der Waals surface area contributed by atoms with Gasteiger partial charge in [0.2, 0.25) is 0 Å². The van der Waals surface area contributed by atoms with Crippen LogP contribution in [-0.4, -0.2) is 31.0 Å². The molecule has 0 aromatic heterocycles. The van der Waals surface area contributed by atoms with Gasteiger partial charge < -0.3 is 0 Å². The fourth-order valence-corrected chi connectivity index (χ4v) is 10.4. The van der Waals surface area contributed by atoms with Crippen molar-refractivity contribution in [2.75, 3.05) is 6.26 Å². The number of hydrogen-bond acceptors (Lipinski definition) is 2. The van der Waals surface area contributed by atoms with Gasteiger partial charge in [-0.25, -0.2) is 8.42 Å². The first-order valence-electron chi connectivity index (χ1n) is 7.96. The van der Waals surface area contributed by atoms with E-state index in [1.54, 1.807) is 0 Å².